The zero-order chi connectivity index (χ0) is 20.5. The highest BCUT2D eigenvalue weighted by molar-refractivity contribution is 5.92. The molecule has 0 fully saturated rings. The molecule has 2 N–H and O–H groups in total. The number of methoxy groups -OCH3 is 2. The molecular weight excluding hydrogens is 368 g/mol. The van der Waals surface area contributed by atoms with Crippen LogP contribution in [0.1, 0.15) is 21.6 Å². The van der Waals surface area contributed by atoms with Crippen molar-refractivity contribution in [2.45, 2.75) is 13.0 Å². The standard InChI is InChI=1S/C22H24N4O3/c1-28-18-8-5-6-16(12-18)10-11-23-21-13-19(25-15-26-21)22(27)24-14-17-7-3-4-9-20(17)29-2/h3-9,12-13,15H,10-11,14H2,1-2H3,(H,24,27)(H,23,25,26). The largest absolute Gasteiger partial charge is 0.497 e. The van der Waals surface area contributed by atoms with Crippen LogP contribution in [0.4, 0.5) is 5.82 Å². The number of ether oxygens (including phenoxy) is 2. The molecule has 29 heavy (non-hydrogen) atoms. The first-order valence-electron chi connectivity index (χ1n) is 9.28. The SMILES string of the molecule is COc1cccc(CCNc2cc(C(=O)NCc3ccccc3OC)ncn2)c1. The van der Waals surface area contributed by atoms with E-state index in [1.807, 2.05) is 48.5 Å². The van der Waals surface area contributed by atoms with Gasteiger partial charge in [0.2, 0.25) is 0 Å². The fourth-order valence-corrected chi connectivity index (χ4v) is 2.86. The van der Waals surface area contributed by atoms with Gasteiger partial charge < -0.3 is 20.1 Å². The van der Waals surface area contributed by atoms with Crippen LogP contribution in [0.5, 0.6) is 11.5 Å². The summed E-state index contributed by atoms with van der Waals surface area (Å²) < 4.78 is 10.5. The molecule has 1 heterocycles. The second-order valence-corrected chi connectivity index (χ2v) is 6.31. The average Bonchev–Trinajstić information content (AvgIpc) is 2.78. The molecule has 3 rings (SSSR count). The van der Waals surface area contributed by atoms with Crippen molar-refractivity contribution in [1.82, 2.24) is 15.3 Å². The van der Waals surface area contributed by atoms with Crippen LogP contribution >= 0.6 is 0 Å². The summed E-state index contributed by atoms with van der Waals surface area (Å²) in [4.78, 5) is 20.7. The first kappa shape index (κ1) is 20.1. The first-order chi connectivity index (χ1) is 14.2. The second-order valence-electron chi connectivity index (χ2n) is 6.31. The lowest BCUT2D eigenvalue weighted by atomic mass is 10.1. The van der Waals surface area contributed by atoms with Crippen LogP contribution < -0.4 is 20.1 Å². The zero-order valence-corrected chi connectivity index (χ0v) is 16.5. The lowest BCUT2D eigenvalue weighted by Gasteiger charge is -2.10. The summed E-state index contributed by atoms with van der Waals surface area (Å²) in [5.41, 5.74) is 2.36. The molecule has 0 aliphatic carbocycles. The minimum Gasteiger partial charge on any atom is -0.497 e. The summed E-state index contributed by atoms with van der Waals surface area (Å²) in [6, 6.07) is 17.1. The molecule has 1 amide bonds. The summed E-state index contributed by atoms with van der Waals surface area (Å²) in [5.74, 6) is 1.90. The number of anilines is 1. The van der Waals surface area contributed by atoms with Crippen LogP contribution in [-0.4, -0.2) is 36.6 Å². The Labute approximate surface area is 170 Å². The van der Waals surface area contributed by atoms with Gasteiger partial charge in [-0.2, -0.15) is 0 Å². The smallest absolute Gasteiger partial charge is 0.270 e. The van der Waals surface area contributed by atoms with Crippen LogP contribution in [0.3, 0.4) is 0 Å². The van der Waals surface area contributed by atoms with E-state index in [1.54, 1.807) is 20.3 Å². The molecule has 0 radical (unpaired) electrons. The van der Waals surface area contributed by atoms with Crippen molar-refractivity contribution in [3.63, 3.8) is 0 Å². The normalized spacial score (nSPS) is 10.3. The summed E-state index contributed by atoms with van der Waals surface area (Å²) in [5, 5.41) is 6.09. The number of carbonyl (C=O) groups excluding carboxylic acids is 1. The van der Waals surface area contributed by atoms with E-state index in [2.05, 4.69) is 20.6 Å². The van der Waals surface area contributed by atoms with E-state index in [-0.39, 0.29) is 5.91 Å². The van der Waals surface area contributed by atoms with Crippen molar-refractivity contribution < 1.29 is 14.3 Å². The lowest BCUT2D eigenvalue weighted by Crippen LogP contribution is -2.24. The quantitative estimate of drug-likeness (QED) is 0.582. The molecule has 0 aliphatic rings. The topological polar surface area (TPSA) is 85.4 Å². The minimum atomic E-state index is -0.269. The number of aromatic nitrogens is 2. The summed E-state index contributed by atoms with van der Waals surface area (Å²) in [6.45, 7) is 1.03. The maximum Gasteiger partial charge on any atom is 0.270 e. The van der Waals surface area contributed by atoms with Gasteiger partial charge in [0, 0.05) is 24.7 Å². The Hall–Kier alpha value is -3.61. The number of benzene rings is 2. The molecule has 0 saturated carbocycles. The van der Waals surface area contributed by atoms with E-state index < -0.39 is 0 Å². The summed E-state index contributed by atoms with van der Waals surface area (Å²) in [7, 11) is 3.26. The Kier molecular flexibility index (Phi) is 7.00. The molecule has 0 spiro atoms. The summed E-state index contributed by atoms with van der Waals surface area (Å²) in [6.07, 6.45) is 2.18. The van der Waals surface area contributed by atoms with Crippen LogP contribution in [-0.2, 0) is 13.0 Å². The fourth-order valence-electron chi connectivity index (χ4n) is 2.86. The predicted octanol–water partition coefficient (Wildman–Crippen LogP) is 3.08. The molecule has 0 atom stereocenters. The maximum absolute atomic E-state index is 12.5. The number of amides is 1. The Morgan fingerprint density at radius 2 is 1.86 bits per heavy atom. The van der Waals surface area contributed by atoms with E-state index in [0.717, 1.165) is 29.0 Å². The van der Waals surface area contributed by atoms with Gasteiger partial charge in [-0.1, -0.05) is 30.3 Å². The number of nitrogens with one attached hydrogen (secondary N) is 2. The third-order valence-corrected chi connectivity index (χ3v) is 4.39. The van der Waals surface area contributed by atoms with Gasteiger partial charge in [-0.05, 0) is 30.2 Å². The lowest BCUT2D eigenvalue weighted by molar-refractivity contribution is 0.0945. The summed E-state index contributed by atoms with van der Waals surface area (Å²) >= 11 is 0. The van der Waals surface area contributed by atoms with E-state index in [0.29, 0.717) is 24.6 Å². The highest BCUT2D eigenvalue weighted by Crippen LogP contribution is 2.17. The average molecular weight is 392 g/mol. The number of hydrogen-bond acceptors (Lipinski definition) is 6. The molecular formula is C22H24N4O3. The minimum absolute atomic E-state index is 0.269. The molecule has 3 aromatic rings. The molecule has 0 saturated heterocycles. The highest BCUT2D eigenvalue weighted by Gasteiger charge is 2.10. The molecule has 0 bridgehead atoms. The van der Waals surface area contributed by atoms with E-state index in [9.17, 15) is 4.79 Å². The Balaban J connectivity index is 1.55. The number of carbonyl (C=O) groups is 1. The molecule has 7 nitrogen and oxygen atoms in total. The predicted molar refractivity (Wildman–Crippen MR) is 111 cm³/mol. The van der Waals surface area contributed by atoms with Crippen LogP contribution in [0.2, 0.25) is 0 Å². The van der Waals surface area contributed by atoms with E-state index >= 15 is 0 Å². The number of para-hydroxylation sites is 1. The molecule has 0 aliphatic heterocycles. The Morgan fingerprint density at radius 3 is 2.69 bits per heavy atom. The van der Waals surface area contributed by atoms with E-state index in [4.69, 9.17) is 9.47 Å². The molecule has 150 valence electrons. The second kappa shape index (κ2) is 10.1. The van der Waals surface area contributed by atoms with Gasteiger partial charge in [-0.15, -0.1) is 0 Å². The third kappa shape index (κ3) is 5.68. The zero-order valence-electron chi connectivity index (χ0n) is 16.5. The van der Waals surface area contributed by atoms with Gasteiger partial charge in [0.15, 0.2) is 0 Å². The van der Waals surface area contributed by atoms with Gasteiger partial charge in [0.1, 0.15) is 29.3 Å². The Morgan fingerprint density at radius 1 is 1.00 bits per heavy atom. The third-order valence-electron chi connectivity index (χ3n) is 4.39. The van der Waals surface area contributed by atoms with Crippen molar-refractivity contribution in [2.24, 2.45) is 0 Å². The van der Waals surface area contributed by atoms with E-state index in [1.165, 1.54) is 6.33 Å². The molecule has 1 aromatic heterocycles. The van der Waals surface area contributed by atoms with Gasteiger partial charge in [-0.3, -0.25) is 4.79 Å². The van der Waals surface area contributed by atoms with Crippen LogP contribution in [0.15, 0.2) is 60.9 Å². The maximum atomic E-state index is 12.5. The van der Waals surface area contributed by atoms with Gasteiger partial charge in [-0.25, -0.2) is 9.97 Å². The van der Waals surface area contributed by atoms with Crippen molar-refractivity contribution >= 4 is 11.7 Å². The Bertz CT molecular complexity index is 962. The van der Waals surface area contributed by atoms with Crippen molar-refractivity contribution in [1.29, 1.82) is 0 Å². The van der Waals surface area contributed by atoms with Crippen LogP contribution in [0.25, 0.3) is 0 Å². The molecule has 7 heteroatoms. The van der Waals surface area contributed by atoms with Gasteiger partial charge >= 0.3 is 0 Å². The van der Waals surface area contributed by atoms with Crippen molar-refractivity contribution in [3.05, 3.63) is 77.7 Å². The number of rotatable bonds is 9. The molecule has 0 unspecified atom stereocenters. The van der Waals surface area contributed by atoms with Crippen molar-refractivity contribution in [3.8, 4) is 11.5 Å². The monoisotopic (exact) mass is 392 g/mol. The van der Waals surface area contributed by atoms with Gasteiger partial charge in [0.05, 0.1) is 14.2 Å². The van der Waals surface area contributed by atoms with Crippen LogP contribution in [0, 0.1) is 0 Å². The first-order valence-corrected chi connectivity index (χ1v) is 9.28. The van der Waals surface area contributed by atoms with Gasteiger partial charge in [0.25, 0.3) is 5.91 Å². The highest BCUT2D eigenvalue weighted by atomic mass is 16.5. The number of hydrogen-bond donors (Lipinski definition) is 2. The van der Waals surface area contributed by atoms with Crippen molar-refractivity contribution in [2.75, 3.05) is 26.1 Å². The molecule has 2 aromatic carbocycles. The number of nitrogens with zero attached hydrogens (tertiary/aromatic N) is 2. The fraction of sp³-hybridized carbons (Fsp3) is 0.227.